The zero-order valence-corrected chi connectivity index (χ0v) is 15.1. The monoisotopic (exact) mass is 381 g/mol. The lowest BCUT2D eigenvalue weighted by Gasteiger charge is -2.09. The molecule has 0 aliphatic carbocycles. The molecule has 0 spiro atoms. The Hall–Kier alpha value is -2.24. The summed E-state index contributed by atoms with van der Waals surface area (Å²) in [7, 11) is 1.53. The minimum absolute atomic E-state index is 0.0281. The van der Waals surface area contributed by atoms with Crippen molar-refractivity contribution in [3.05, 3.63) is 63.6 Å². The summed E-state index contributed by atoms with van der Waals surface area (Å²) in [5.74, 6) is -0.329. The zero-order valence-electron chi connectivity index (χ0n) is 13.6. The van der Waals surface area contributed by atoms with Crippen LogP contribution in [-0.4, -0.2) is 25.6 Å². The molecule has 0 heterocycles. The fraction of sp³-hybridized carbons (Fsp3) is 0.222. The van der Waals surface area contributed by atoms with Gasteiger partial charge in [-0.15, -0.1) is 0 Å². The maximum absolute atomic E-state index is 11.9. The summed E-state index contributed by atoms with van der Waals surface area (Å²) in [6.07, 6.45) is 0.0281. The number of benzene rings is 2. The van der Waals surface area contributed by atoms with Gasteiger partial charge in [-0.05, 0) is 23.8 Å². The van der Waals surface area contributed by atoms with Gasteiger partial charge >= 0.3 is 5.97 Å². The molecule has 2 aromatic carbocycles. The molecule has 2 rings (SSSR count). The van der Waals surface area contributed by atoms with Crippen molar-refractivity contribution < 1.29 is 19.1 Å². The van der Waals surface area contributed by atoms with E-state index in [9.17, 15) is 9.59 Å². The van der Waals surface area contributed by atoms with E-state index < -0.39 is 11.9 Å². The minimum Gasteiger partial charge on any atom is -0.496 e. The minimum atomic E-state index is -0.510. The Morgan fingerprint density at radius 1 is 1.08 bits per heavy atom. The number of esters is 1. The number of ether oxygens (including phenoxy) is 2. The number of methoxy groups -OCH3 is 1. The summed E-state index contributed by atoms with van der Waals surface area (Å²) in [5.41, 5.74) is 1.42. The SMILES string of the molecule is COc1ccccc1CC(=O)OCC(=O)NCc1ccc(Cl)cc1Cl. The van der Waals surface area contributed by atoms with E-state index in [-0.39, 0.29) is 19.6 Å². The standard InChI is InChI=1S/C18H17Cl2NO4/c1-24-16-5-3-2-4-12(16)8-18(23)25-11-17(22)21-10-13-6-7-14(19)9-15(13)20/h2-7,9H,8,10-11H2,1H3,(H,21,22). The summed E-state index contributed by atoms with van der Waals surface area (Å²) in [5, 5.41) is 3.61. The molecule has 0 bridgehead atoms. The molecule has 0 saturated heterocycles. The highest BCUT2D eigenvalue weighted by molar-refractivity contribution is 6.35. The molecule has 0 aliphatic heterocycles. The molecule has 0 atom stereocenters. The number of para-hydroxylation sites is 1. The molecule has 0 aliphatic rings. The highest BCUT2D eigenvalue weighted by Crippen LogP contribution is 2.20. The molecular weight excluding hydrogens is 365 g/mol. The molecule has 132 valence electrons. The Morgan fingerprint density at radius 2 is 1.84 bits per heavy atom. The van der Waals surface area contributed by atoms with Crippen LogP contribution in [-0.2, 0) is 27.3 Å². The van der Waals surface area contributed by atoms with Crippen molar-refractivity contribution in [1.29, 1.82) is 0 Å². The van der Waals surface area contributed by atoms with Crippen LogP contribution in [0.5, 0.6) is 5.75 Å². The number of amides is 1. The highest BCUT2D eigenvalue weighted by atomic mass is 35.5. The number of carbonyl (C=O) groups is 2. The molecular formula is C18H17Cl2NO4. The fourth-order valence-corrected chi connectivity index (χ4v) is 2.59. The molecule has 0 unspecified atom stereocenters. The van der Waals surface area contributed by atoms with Crippen molar-refractivity contribution in [1.82, 2.24) is 5.32 Å². The Balaban J connectivity index is 1.78. The summed E-state index contributed by atoms with van der Waals surface area (Å²) in [6, 6.07) is 12.1. The molecule has 2 aromatic rings. The average Bonchev–Trinajstić information content (AvgIpc) is 2.59. The van der Waals surface area contributed by atoms with Crippen molar-refractivity contribution >= 4 is 35.1 Å². The lowest BCUT2D eigenvalue weighted by Crippen LogP contribution is -2.28. The third-order valence-electron chi connectivity index (χ3n) is 3.38. The van der Waals surface area contributed by atoms with Gasteiger partial charge < -0.3 is 14.8 Å². The van der Waals surface area contributed by atoms with Crippen molar-refractivity contribution in [3.8, 4) is 5.75 Å². The van der Waals surface area contributed by atoms with Gasteiger partial charge in [0.1, 0.15) is 5.75 Å². The van der Waals surface area contributed by atoms with Gasteiger partial charge in [0.15, 0.2) is 6.61 Å². The van der Waals surface area contributed by atoms with Crippen LogP contribution in [0.1, 0.15) is 11.1 Å². The molecule has 1 N–H and O–H groups in total. The third-order valence-corrected chi connectivity index (χ3v) is 3.97. The highest BCUT2D eigenvalue weighted by Gasteiger charge is 2.12. The second-order valence-corrected chi connectivity index (χ2v) is 6.01. The largest absolute Gasteiger partial charge is 0.496 e. The average molecular weight is 382 g/mol. The van der Waals surface area contributed by atoms with E-state index in [2.05, 4.69) is 5.32 Å². The van der Waals surface area contributed by atoms with Crippen molar-refractivity contribution in [2.24, 2.45) is 0 Å². The van der Waals surface area contributed by atoms with Crippen LogP contribution in [0.4, 0.5) is 0 Å². The summed E-state index contributed by atoms with van der Waals surface area (Å²) < 4.78 is 10.2. The number of nitrogens with one attached hydrogen (secondary N) is 1. The van der Waals surface area contributed by atoms with Crippen LogP contribution in [0.2, 0.25) is 10.0 Å². The quantitative estimate of drug-likeness (QED) is 0.746. The predicted molar refractivity (Wildman–Crippen MR) is 96.0 cm³/mol. The molecule has 1 amide bonds. The first kappa shape index (κ1) is 19.1. The van der Waals surface area contributed by atoms with Gasteiger partial charge in [0.2, 0.25) is 0 Å². The first-order chi connectivity index (χ1) is 12.0. The third kappa shape index (κ3) is 5.96. The smallest absolute Gasteiger partial charge is 0.310 e. The van der Waals surface area contributed by atoms with Gasteiger partial charge in [0.05, 0.1) is 13.5 Å². The van der Waals surface area contributed by atoms with Gasteiger partial charge in [-0.25, -0.2) is 0 Å². The van der Waals surface area contributed by atoms with E-state index in [1.807, 2.05) is 6.07 Å². The van der Waals surface area contributed by atoms with Crippen LogP contribution >= 0.6 is 23.2 Å². The van der Waals surface area contributed by atoms with E-state index >= 15 is 0 Å². The van der Waals surface area contributed by atoms with Crippen LogP contribution in [0.15, 0.2) is 42.5 Å². The lowest BCUT2D eigenvalue weighted by atomic mass is 10.1. The molecule has 0 fully saturated rings. The van der Waals surface area contributed by atoms with E-state index in [1.165, 1.54) is 7.11 Å². The van der Waals surface area contributed by atoms with Crippen LogP contribution in [0.25, 0.3) is 0 Å². The Bertz CT molecular complexity index is 764. The number of hydrogen-bond acceptors (Lipinski definition) is 4. The first-order valence-corrected chi connectivity index (χ1v) is 8.23. The van der Waals surface area contributed by atoms with Gasteiger partial charge in [-0.1, -0.05) is 47.5 Å². The Labute approximate surface area is 155 Å². The van der Waals surface area contributed by atoms with E-state index in [0.29, 0.717) is 21.4 Å². The summed E-state index contributed by atoms with van der Waals surface area (Å²) >= 11 is 11.8. The second kappa shape index (κ2) is 9.30. The van der Waals surface area contributed by atoms with E-state index in [0.717, 1.165) is 5.56 Å². The molecule has 0 saturated carbocycles. The normalized spacial score (nSPS) is 10.2. The molecule has 25 heavy (non-hydrogen) atoms. The predicted octanol–water partition coefficient (Wildman–Crippen LogP) is 3.40. The van der Waals surface area contributed by atoms with Crippen LogP contribution in [0.3, 0.4) is 0 Å². The summed E-state index contributed by atoms with van der Waals surface area (Å²) in [6.45, 7) is -0.141. The van der Waals surface area contributed by atoms with Crippen LogP contribution in [0, 0.1) is 0 Å². The van der Waals surface area contributed by atoms with E-state index in [4.69, 9.17) is 32.7 Å². The van der Waals surface area contributed by atoms with Gasteiger partial charge in [0.25, 0.3) is 5.91 Å². The topological polar surface area (TPSA) is 64.6 Å². The van der Waals surface area contributed by atoms with Crippen molar-refractivity contribution in [3.63, 3.8) is 0 Å². The second-order valence-electron chi connectivity index (χ2n) is 5.16. The first-order valence-electron chi connectivity index (χ1n) is 7.47. The van der Waals surface area contributed by atoms with E-state index in [1.54, 1.807) is 36.4 Å². The maximum atomic E-state index is 11.9. The molecule has 7 heteroatoms. The fourth-order valence-electron chi connectivity index (χ4n) is 2.11. The Morgan fingerprint density at radius 3 is 2.56 bits per heavy atom. The number of rotatable bonds is 7. The summed E-state index contributed by atoms with van der Waals surface area (Å²) in [4.78, 5) is 23.6. The van der Waals surface area contributed by atoms with Crippen molar-refractivity contribution in [2.75, 3.05) is 13.7 Å². The van der Waals surface area contributed by atoms with Gasteiger partial charge in [0, 0.05) is 22.2 Å². The zero-order chi connectivity index (χ0) is 18.2. The number of halogens is 2. The molecule has 0 aromatic heterocycles. The number of hydrogen-bond donors (Lipinski definition) is 1. The molecule has 0 radical (unpaired) electrons. The maximum Gasteiger partial charge on any atom is 0.310 e. The van der Waals surface area contributed by atoms with Gasteiger partial charge in [-0.3, -0.25) is 9.59 Å². The lowest BCUT2D eigenvalue weighted by molar-refractivity contribution is -0.147. The Kier molecular flexibility index (Phi) is 7.10. The van der Waals surface area contributed by atoms with Crippen LogP contribution < -0.4 is 10.1 Å². The van der Waals surface area contributed by atoms with Crippen molar-refractivity contribution in [2.45, 2.75) is 13.0 Å². The van der Waals surface area contributed by atoms with Gasteiger partial charge in [-0.2, -0.15) is 0 Å². The number of carbonyl (C=O) groups excluding carboxylic acids is 2. The molecule has 5 nitrogen and oxygen atoms in total.